The molecule has 1 aliphatic heterocycles. The largest absolute Gasteiger partial charge is 0.480 e. The molecule has 0 saturated heterocycles. The zero-order valence-electron chi connectivity index (χ0n) is 9.36. The van der Waals surface area contributed by atoms with Gasteiger partial charge >= 0.3 is 5.97 Å². The number of benzene rings is 1. The van der Waals surface area contributed by atoms with Crippen molar-refractivity contribution < 1.29 is 14.3 Å². The third-order valence-corrected chi connectivity index (χ3v) is 3.87. The molecule has 5 heteroatoms. The molecule has 0 bridgehead atoms. The minimum Gasteiger partial charge on any atom is -0.480 e. The fraction of sp³-hybridized carbons (Fsp3) is 0.308. The van der Waals surface area contributed by atoms with Crippen LogP contribution in [0.4, 0.5) is 10.1 Å². The van der Waals surface area contributed by atoms with Gasteiger partial charge in [0.25, 0.3) is 0 Å². The lowest BCUT2D eigenvalue weighted by molar-refractivity contribution is -0.139. The molecule has 1 aromatic rings. The number of aliphatic carboxylic acids is 1. The second-order valence-electron chi connectivity index (χ2n) is 4.67. The van der Waals surface area contributed by atoms with Crippen molar-refractivity contribution in [1.82, 2.24) is 0 Å². The molecule has 1 aromatic carbocycles. The van der Waals surface area contributed by atoms with Crippen LogP contribution in [0.1, 0.15) is 17.9 Å². The lowest BCUT2D eigenvalue weighted by Gasteiger charge is -2.34. The Bertz CT molecular complexity index is 558. The molecule has 0 radical (unpaired) electrons. The minimum absolute atomic E-state index is 0.0736. The van der Waals surface area contributed by atoms with Crippen LogP contribution in [-0.4, -0.2) is 17.1 Å². The van der Waals surface area contributed by atoms with E-state index in [-0.39, 0.29) is 17.5 Å². The topological polar surface area (TPSA) is 49.3 Å². The van der Waals surface area contributed by atoms with E-state index in [4.69, 9.17) is 11.6 Å². The van der Waals surface area contributed by atoms with Crippen LogP contribution in [0.2, 0.25) is 5.02 Å². The Labute approximate surface area is 108 Å². The van der Waals surface area contributed by atoms with E-state index in [1.165, 1.54) is 6.07 Å². The highest BCUT2D eigenvalue weighted by Crippen LogP contribution is 2.46. The Hall–Kier alpha value is -1.55. The lowest BCUT2D eigenvalue weighted by atomic mass is 9.79. The second kappa shape index (κ2) is 3.99. The fourth-order valence-electron chi connectivity index (χ4n) is 2.87. The number of hydrogen-bond acceptors (Lipinski definition) is 2. The molecular formula is C13H11ClFNO2. The van der Waals surface area contributed by atoms with Crippen molar-refractivity contribution >= 4 is 23.3 Å². The SMILES string of the molecule is O=C(O)C1Nc2c(F)cc(Cl)cc2[C@H]2C=CC[C@@H]12. The number of nitrogens with one attached hydrogen (secondary N) is 1. The number of halogens is 2. The summed E-state index contributed by atoms with van der Waals surface area (Å²) in [5.41, 5.74) is 1.01. The predicted octanol–water partition coefficient (Wildman–Crippen LogP) is 3.02. The normalized spacial score (nSPS) is 28.4. The Morgan fingerprint density at radius 3 is 3.00 bits per heavy atom. The van der Waals surface area contributed by atoms with Gasteiger partial charge < -0.3 is 10.4 Å². The van der Waals surface area contributed by atoms with Gasteiger partial charge in [-0.15, -0.1) is 0 Å². The standard InChI is InChI=1S/C13H11ClFNO2/c14-6-4-9-7-2-1-3-8(7)12(13(17)18)16-11(9)10(15)5-6/h1-2,4-5,7-8,12,16H,3H2,(H,17,18)/t7-,8+,12?/m0/s1. The van der Waals surface area contributed by atoms with Crippen molar-refractivity contribution in [2.24, 2.45) is 5.92 Å². The molecule has 2 N–H and O–H groups in total. The van der Waals surface area contributed by atoms with Crippen molar-refractivity contribution in [2.75, 3.05) is 5.32 Å². The van der Waals surface area contributed by atoms with Crippen molar-refractivity contribution in [3.63, 3.8) is 0 Å². The molecule has 0 aromatic heterocycles. The van der Waals surface area contributed by atoms with Gasteiger partial charge in [0.15, 0.2) is 0 Å². The average Bonchev–Trinajstić information content (AvgIpc) is 2.76. The van der Waals surface area contributed by atoms with E-state index in [1.54, 1.807) is 6.07 Å². The molecule has 0 amide bonds. The monoisotopic (exact) mass is 267 g/mol. The van der Waals surface area contributed by atoms with E-state index in [0.29, 0.717) is 11.4 Å². The van der Waals surface area contributed by atoms with Gasteiger partial charge in [-0.05, 0) is 24.1 Å². The maximum atomic E-state index is 13.9. The number of carboxylic acids is 1. The number of carbonyl (C=O) groups is 1. The molecule has 2 aliphatic rings. The van der Waals surface area contributed by atoms with E-state index < -0.39 is 17.8 Å². The molecule has 1 aliphatic carbocycles. The van der Waals surface area contributed by atoms with Gasteiger partial charge in [-0.1, -0.05) is 23.8 Å². The quantitative estimate of drug-likeness (QED) is 0.769. The molecule has 0 spiro atoms. The molecule has 1 heterocycles. The van der Waals surface area contributed by atoms with Crippen LogP contribution in [-0.2, 0) is 4.79 Å². The highest BCUT2D eigenvalue weighted by atomic mass is 35.5. The number of rotatable bonds is 1. The summed E-state index contributed by atoms with van der Waals surface area (Å²) < 4.78 is 13.9. The first kappa shape index (κ1) is 11.5. The number of hydrogen-bond donors (Lipinski definition) is 2. The van der Waals surface area contributed by atoms with Crippen LogP contribution >= 0.6 is 11.6 Å². The summed E-state index contributed by atoms with van der Waals surface area (Å²) in [6, 6.07) is 2.15. The first-order chi connectivity index (χ1) is 8.58. The van der Waals surface area contributed by atoms with E-state index >= 15 is 0 Å². The van der Waals surface area contributed by atoms with Gasteiger partial charge in [-0.3, -0.25) is 0 Å². The molecule has 3 rings (SSSR count). The van der Waals surface area contributed by atoms with Gasteiger partial charge in [-0.2, -0.15) is 0 Å². The summed E-state index contributed by atoms with van der Waals surface area (Å²) in [4.78, 5) is 11.2. The molecule has 3 atom stereocenters. The summed E-state index contributed by atoms with van der Waals surface area (Å²) in [6.45, 7) is 0. The van der Waals surface area contributed by atoms with E-state index in [1.807, 2.05) is 12.2 Å². The maximum Gasteiger partial charge on any atom is 0.326 e. The summed E-state index contributed by atoms with van der Waals surface area (Å²) in [5, 5.41) is 12.3. The Morgan fingerprint density at radius 2 is 2.28 bits per heavy atom. The first-order valence-corrected chi connectivity index (χ1v) is 6.10. The van der Waals surface area contributed by atoms with Crippen LogP contribution in [0.5, 0.6) is 0 Å². The molecule has 94 valence electrons. The van der Waals surface area contributed by atoms with Gasteiger partial charge in [-0.25, -0.2) is 9.18 Å². The summed E-state index contributed by atoms with van der Waals surface area (Å²) in [5.74, 6) is -1.60. The van der Waals surface area contributed by atoms with Gasteiger partial charge in [0, 0.05) is 16.9 Å². The maximum absolute atomic E-state index is 13.9. The van der Waals surface area contributed by atoms with Gasteiger partial charge in [0.2, 0.25) is 0 Å². The molecule has 0 saturated carbocycles. The minimum atomic E-state index is -0.950. The summed E-state index contributed by atoms with van der Waals surface area (Å²) >= 11 is 5.86. The number of anilines is 1. The van der Waals surface area contributed by atoms with Gasteiger partial charge in [0.05, 0.1) is 5.69 Å². The van der Waals surface area contributed by atoms with Crippen molar-refractivity contribution in [2.45, 2.75) is 18.4 Å². The van der Waals surface area contributed by atoms with Crippen molar-refractivity contribution in [3.8, 4) is 0 Å². The fourth-order valence-corrected chi connectivity index (χ4v) is 3.08. The van der Waals surface area contributed by atoms with E-state index in [2.05, 4.69) is 5.32 Å². The van der Waals surface area contributed by atoms with Crippen LogP contribution in [0, 0.1) is 11.7 Å². The zero-order valence-corrected chi connectivity index (χ0v) is 10.1. The lowest BCUT2D eigenvalue weighted by Crippen LogP contribution is -2.42. The second-order valence-corrected chi connectivity index (χ2v) is 5.10. The third-order valence-electron chi connectivity index (χ3n) is 3.65. The van der Waals surface area contributed by atoms with Crippen LogP contribution in [0.15, 0.2) is 24.3 Å². The number of fused-ring (bicyclic) bond motifs is 3. The third kappa shape index (κ3) is 1.60. The summed E-state index contributed by atoms with van der Waals surface area (Å²) in [6.07, 6.45) is 4.57. The van der Waals surface area contributed by atoms with Crippen LogP contribution in [0.25, 0.3) is 0 Å². The smallest absolute Gasteiger partial charge is 0.326 e. The molecule has 18 heavy (non-hydrogen) atoms. The van der Waals surface area contributed by atoms with E-state index in [0.717, 1.165) is 5.56 Å². The van der Waals surface area contributed by atoms with Crippen LogP contribution in [0.3, 0.4) is 0 Å². The van der Waals surface area contributed by atoms with Crippen molar-refractivity contribution in [1.29, 1.82) is 0 Å². The Balaban J connectivity index is 2.14. The average molecular weight is 268 g/mol. The van der Waals surface area contributed by atoms with Gasteiger partial charge in [0.1, 0.15) is 11.9 Å². The molecular weight excluding hydrogens is 257 g/mol. The van der Waals surface area contributed by atoms with Crippen molar-refractivity contribution in [3.05, 3.63) is 40.7 Å². The van der Waals surface area contributed by atoms with Crippen LogP contribution < -0.4 is 5.32 Å². The predicted molar refractivity (Wildman–Crippen MR) is 66.4 cm³/mol. The molecule has 3 nitrogen and oxygen atoms in total. The Morgan fingerprint density at radius 1 is 1.50 bits per heavy atom. The number of allylic oxidation sites excluding steroid dienone is 2. The Kier molecular flexibility index (Phi) is 2.55. The highest BCUT2D eigenvalue weighted by molar-refractivity contribution is 6.30. The number of carboxylic acid groups (broad SMARTS) is 1. The van der Waals surface area contributed by atoms with E-state index in [9.17, 15) is 14.3 Å². The summed E-state index contributed by atoms with van der Waals surface area (Å²) in [7, 11) is 0. The molecule has 0 fully saturated rings. The first-order valence-electron chi connectivity index (χ1n) is 5.73. The molecule has 1 unspecified atom stereocenters. The highest BCUT2D eigenvalue weighted by Gasteiger charge is 2.41. The zero-order chi connectivity index (χ0) is 12.9.